The lowest BCUT2D eigenvalue weighted by molar-refractivity contribution is -0.151. The number of hydrogen-bond acceptors (Lipinski definition) is 4. The van der Waals surface area contributed by atoms with Crippen LogP contribution in [0.15, 0.2) is 48.5 Å². The number of alkyl carbamates (subject to hydrolysis) is 1. The van der Waals surface area contributed by atoms with E-state index in [1.54, 1.807) is 13.8 Å². The fraction of sp³-hybridized carbons (Fsp3) is 0.400. The smallest absolute Gasteiger partial charge is 0.407 e. The number of fused-ring (bicyclic) bond motifs is 3. The van der Waals surface area contributed by atoms with Crippen LogP contribution >= 0.6 is 0 Å². The van der Waals surface area contributed by atoms with Crippen molar-refractivity contribution in [1.29, 1.82) is 0 Å². The first-order chi connectivity index (χ1) is 16.5. The van der Waals surface area contributed by atoms with Gasteiger partial charge in [0.2, 0.25) is 5.91 Å². The van der Waals surface area contributed by atoms with Crippen molar-refractivity contribution in [2.75, 3.05) is 6.61 Å². The molecule has 10 heteroatoms. The highest BCUT2D eigenvalue weighted by Gasteiger charge is 2.38. The fourth-order valence-electron chi connectivity index (χ4n) is 4.19. The summed E-state index contributed by atoms with van der Waals surface area (Å²) in [5.74, 6) is -3.07. The third-order valence-electron chi connectivity index (χ3n) is 5.71. The maximum atomic E-state index is 13.1. The van der Waals surface area contributed by atoms with Gasteiger partial charge >= 0.3 is 18.2 Å². The van der Waals surface area contributed by atoms with Gasteiger partial charge in [0.05, 0.1) is 6.42 Å². The summed E-state index contributed by atoms with van der Waals surface area (Å²) in [7, 11) is 0. The molecule has 1 aliphatic rings. The number of carboxylic acids is 1. The van der Waals surface area contributed by atoms with E-state index in [0.717, 1.165) is 22.3 Å². The SMILES string of the molecule is CC(C)C[C@@H](NC(=O)C(CC(F)(F)F)NC(=O)OCC1c2ccccc2-c2ccccc21)C(=O)O. The van der Waals surface area contributed by atoms with Crippen molar-refractivity contribution in [3.05, 3.63) is 59.7 Å². The number of aliphatic carboxylic acids is 1. The van der Waals surface area contributed by atoms with Crippen LogP contribution in [-0.2, 0) is 14.3 Å². The van der Waals surface area contributed by atoms with Crippen molar-refractivity contribution >= 4 is 18.0 Å². The summed E-state index contributed by atoms with van der Waals surface area (Å²) in [5.41, 5.74) is 3.81. The van der Waals surface area contributed by atoms with Crippen molar-refractivity contribution in [1.82, 2.24) is 10.6 Å². The predicted molar refractivity (Wildman–Crippen MR) is 122 cm³/mol. The molecule has 0 saturated carbocycles. The molecule has 0 heterocycles. The molecule has 1 aliphatic carbocycles. The lowest BCUT2D eigenvalue weighted by atomic mass is 9.98. The van der Waals surface area contributed by atoms with E-state index in [4.69, 9.17) is 4.74 Å². The van der Waals surface area contributed by atoms with Gasteiger partial charge in [-0.15, -0.1) is 0 Å². The fourth-order valence-corrected chi connectivity index (χ4v) is 4.19. The van der Waals surface area contributed by atoms with E-state index in [0.29, 0.717) is 0 Å². The molecule has 0 spiro atoms. The van der Waals surface area contributed by atoms with Crippen LogP contribution in [0.5, 0.6) is 0 Å². The number of hydrogen-bond donors (Lipinski definition) is 3. The molecule has 2 amide bonds. The van der Waals surface area contributed by atoms with Crippen LogP contribution in [0, 0.1) is 5.92 Å². The van der Waals surface area contributed by atoms with E-state index in [1.807, 2.05) is 53.8 Å². The van der Waals surface area contributed by atoms with Gasteiger partial charge in [-0.25, -0.2) is 9.59 Å². The van der Waals surface area contributed by atoms with Gasteiger partial charge in [0.15, 0.2) is 0 Å². The van der Waals surface area contributed by atoms with Gasteiger partial charge in [-0.2, -0.15) is 13.2 Å². The molecule has 0 radical (unpaired) electrons. The Morgan fingerprint density at radius 3 is 1.97 bits per heavy atom. The number of ether oxygens (including phenoxy) is 1. The lowest BCUT2D eigenvalue weighted by Crippen LogP contribution is -2.53. The Balaban J connectivity index is 1.69. The second-order valence-corrected chi connectivity index (χ2v) is 8.87. The lowest BCUT2D eigenvalue weighted by Gasteiger charge is -2.23. The standard InChI is InChI=1S/C25H27F3N2O5/c1-14(2)11-20(23(32)33)29-22(31)21(12-25(26,27)28)30-24(34)35-13-19-17-9-5-3-7-15(17)16-8-4-6-10-18(16)19/h3-10,14,19-21H,11-13H2,1-2H3,(H,29,31)(H,30,34)(H,32,33)/t20-,21?/m1/s1. The van der Waals surface area contributed by atoms with Crippen molar-refractivity contribution in [3.63, 3.8) is 0 Å². The Hall–Kier alpha value is -3.56. The van der Waals surface area contributed by atoms with E-state index in [-0.39, 0.29) is 24.9 Å². The molecule has 0 bridgehead atoms. The normalized spacial score (nSPS) is 14.6. The van der Waals surface area contributed by atoms with Gasteiger partial charge in [0.1, 0.15) is 18.7 Å². The van der Waals surface area contributed by atoms with Crippen LogP contribution in [0.1, 0.15) is 43.7 Å². The minimum absolute atomic E-state index is 0.0186. The summed E-state index contributed by atoms with van der Waals surface area (Å²) in [4.78, 5) is 36.3. The Labute approximate surface area is 200 Å². The Morgan fingerprint density at radius 2 is 1.49 bits per heavy atom. The predicted octanol–water partition coefficient (Wildman–Crippen LogP) is 4.46. The van der Waals surface area contributed by atoms with Gasteiger partial charge in [0, 0.05) is 5.92 Å². The van der Waals surface area contributed by atoms with Crippen LogP contribution in [0.3, 0.4) is 0 Å². The van der Waals surface area contributed by atoms with E-state index < -0.39 is 42.7 Å². The molecule has 2 aromatic rings. The number of halogens is 3. The molecule has 2 atom stereocenters. The Bertz CT molecular complexity index is 1040. The number of nitrogens with one attached hydrogen (secondary N) is 2. The quantitative estimate of drug-likeness (QED) is 0.479. The highest BCUT2D eigenvalue weighted by molar-refractivity contribution is 5.89. The molecule has 188 valence electrons. The van der Waals surface area contributed by atoms with Crippen molar-refractivity contribution < 1.29 is 37.4 Å². The molecule has 7 nitrogen and oxygen atoms in total. The summed E-state index contributed by atoms with van der Waals surface area (Å²) >= 11 is 0. The Kier molecular flexibility index (Phi) is 8.03. The minimum Gasteiger partial charge on any atom is -0.480 e. The molecule has 35 heavy (non-hydrogen) atoms. The number of carbonyl (C=O) groups excluding carboxylic acids is 2. The first kappa shape index (κ1) is 26.1. The Morgan fingerprint density at radius 1 is 0.943 bits per heavy atom. The van der Waals surface area contributed by atoms with Crippen molar-refractivity contribution in [3.8, 4) is 11.1 Å². The maximum absolute atomic E-state index is 13.1. The molecular formula is C25H27F3N2O5. The van der Waals surface area contributed by atoms with Crippen LogP contribution in [-0.4, -0.2) is 47.9 Å². The molecule has 0 aliphatic heterocycles. The van der Waals surface area contributed by atoms with E-state index in [9.17, 15) is 32.7 Å². The largest absolute Gasteiger partial charge is 0.480 e. The van der Waals surface area contributed by atoms with Crippen molar-refractivity contribution in [2.24, 2.45) is 5.92 Å². The first-order valence-corrected chi connectivity index (χ1v) is 11.2. The number of carbonyl (C=O) groups is 3. The molecule has 1 unspecified atom stereocenters. The minimum atomic E-state index is -4.78. The summed E-state index contributed by atoms with van der Waals surface area (Å²) in [5, 5.41) is 13.3. The van der Waals surface area contributed by atoms with Crippen LogP contribution in [0.4, 0.5) is 18.0 Å². The average Bonchev–Trinajstić information content (AvgIpc) is 3.09. The zero-order valence-corrected chi connectivity index (χ0v) is 19.3. The van der Waals surface area contributed by atoms with Crippen LogP contribution < -0.4 is 10.6 Å². The van der Waals surface area contributed by atoms with Gasteiger partial charge in [-0.05, 0) is 34.6 Å². The molecule has 0 fully saturated rings. The number of amides is 2. The first-order valence-electron chi connectivity index (χ1n) is 11.2. The summed E-state index contributed by atoms with van der Waals surface area (Å²) in [6.45, 7) is 3.28. The molecule has 3 rings (SSSR count). The van der Waals surface area contributed by atoms with Gasteiger partial charge < -0.3 is 20.5 Å². The topological polar surface area (TPSA) is 105 Å². The summed E-state index contributed by atoms with van der Waals surface area (Å²) in [6.07, 6.45) is -7.64. The van der Waals surface area contributed by atoms with E-state index in [1.165, 1.54) is 0 Å². The molecule has 2 aromatic carbocycles. The number of alkyl halides is 3. The second-order valence-electron chi connectivity index (χ2n) is 8.87. The second kappa shape index (κ2) is 10.8. The number of carboxylic acid groups (broad SMARTS) is 1. The average molecular weight is 492 g/mol. The van der Waals surface area contributed by atoms with Gasteiger partial charge in [0.25, 0.3) is 0 Å². The van der Waals surface area contributed by atoms with Gasteiger partial charge in [-0.1, -0.05) is 62.4 Å². The highest BCUT2D eigenvalue weighted by Crippen LogP contribution is 2.44. The number of rotatable bonds is 9. The van der Waals surface area contributed by atoms with Gasteiger partial charge in [-0.3, -0.25) is 4.79 Å². The van der Waals surface area contributed by atoms with Crippen LogP contribution in [0.2, 0.25) is 0 Å². The number of benzene rings is 2. The van der Waals surface area contributed by atoms with Crippen LogP contribution in [0.25, 0.3) is 11.1 Å². The monoisotopic (exact) mass is 492 g/mol. The third kappa shape index (κ3) is 6.74. The van der Waals surface area contributed by atoms with E-state index in [2.05, 4.69) is 5.32 Å². The summed E-state index contributed by atoms with van der Waals surface area (Å²) < 4.78 is 44.5. The maximum Gasteiger partial charge on any atom is 0.407 e. The zero-order valence-electron chi connectivity index (χ0n) is 19.3. The van der Waals surface area contributed by atoms with E-state index >= 15 is 0 Å². The molecular weight excluding hydrogens is 465 g/mol. The molecule has 3 N–H and O–H groups in total. The molecule has 0 aromatic heterocycles. The summed E-state index contributed by atoms with van der Waals surface area (Å²) in [6, 6.07) is 11.7. The third-order valence-corrected chi connectivity index (χ3v) is 5.71. The van der Waals surface area contributed by atoms with Crippen molar-refractivity contribution in [2.45, 2.75) is 50.9 Å². The molecule has 0 saturated heterocycles. The highest BCUT2D eigenvalue weighted by atomic mass is 19.4. The zero-order chi connectivity index (χ0) is 25.8.